The lowest BCUT2D eigenvalue weighted by Crippen LogP contribution is -2.32. The van der Waals surface area contributed by atoms with Crippen LogP contribution < -0.4 is 10.1 Å². The summed E-state index contributed by atoms with van der Waals surface area (Å²) in [7, 11) is 0. The van der Waals surface area contributed by atoms with Crippen molar-refractivity contribution in [3.8, 4) is 5.75 Å². The van der Waals surface area contributed by atoms with Crippen molar-refractivity contribution < 1.29 is 19.4 Å². The van der Waals surface area contributed by atoms with Crippen LogP contribution in [0, 0.1) is 0 Å². The molecule has 0 spiro atoms. The molecule has 1 amide bonds. The summed E-state index contributed by atoms with van der Waals surface area (Å²) in [5.41, 5.74) is 1.04. The van der Waals surface area contributed by atoms with Crippen LogP contribution in [-0.4, -0.2) is 54.5 Å². The number of nitrogens with zero attached hydrogens (tertiary/aromatic N) is 1. The van der Waals surface area contributed by atoms with Gasteiger partial charge in [0.05, 0.1) is 18.8 Å². The van der Waals surface area contributed by atoms with E-state index in [1.54, 1.807) is 18.2 Å². The number of hydrogen-bond acceptors (Lipinski definition) is 5. The minimum absolute atomic E-state index is 0.000402. The summed E-state index contributed by atoms with van der Waals surface area (Å²) in [5, 5.41) is 11.6. The van der Waals surface area contributed by atoms with Crippen LogP contribution in [0.3, 0.4) is 0 Å². The highest BCUT2D eigenvalue weighted by molar-refractivity contribution is 6.01. The number of aliphatic hydroxyl groups excluding tert-OH is 1. The molecule has 6 heteroatoms. The summed E-state index contributed by atoms with van der Waals surface area (Å²) in [4.78, 5) is 25.3. The van der Waals surface area contributed by atoms with Crippen molar-refractivity contribution in [2.24, 2.45) is 0 Å². The largest absolute Gasteiger partial charge is 0.482 e. The molecule has 6 nitrogen and oxygen atoms in total. The maximum Gasteiger partial charge on any atom is 0.262 e. The van der Waals surface area contributed by atoms with E-state index in [0.29, 0.717) is 30.1 Å². The number of anilines is 1. The number of nitrogens with one attached hydrogen (secondary N) is 1. The van der Waals surface area contributed by atoms with Crippen LogP contribution in [-0.2, 0) is 4.79 Å². The van der Waals surface area contributed by atoms with Crippen molar-refractivity contribution in [1.82, 2.24) is 4.90 Å². The Labute approximate surface area is 117 Å². The normalized spacial score (nSPS) is 13.7. The Morgan fingerprint density at radius 2 is 2.30 bits per heavy atom. The van der Waals surface area contributed by atoms with Crippen molar-refractivity contribution in [2.45, 2.75) is 6.92 Å². The summed E-state index contributed by atoms with van der Waals surface area (Å²) in [6.45, 7) is 3.36. The smallest absolute Gasteiger partial charge is 0.262 e. The second-order valence-corrected chi connectivity index (χ2v) is 4.56. The average Bonchev–Trinajstić information content (AvgIpc) is 2.45. The monoisotopic (exact) mass is 278 g/mol. The molecule has 1 aliphatic rings. The van der Waals surface area contributed by atoms with Gasteiger partial charge in [-0.05, 0) is 24.7 Å². The van der Waals surface area contributed by atoms with Gasteiger partial charge in [0.15, 0.2) is 12.4 Å². The number of fused-ring (bicyclic) bond motifs is 1. The third-order valence-electron chi connectivity index (χ3n) is 3.17. The molecule has 0 saturated carbocycles. The van der Waals surface area contributed by atoms with Gasteiger partial charge in [-0.1, -0.05) is 6.92 Å². The molecular weight excluding hydrogens is 260 g/mol. The number of carbonyl (C=O) groups excluding carboxylic acids is 2. The molecule has 1 heterocycles. The second-order valence-electron chi connectivity index (χ2n) is 4.56. The summed E-state index contributed by atoms with van der Waals surface area (Å²) in [5.74, 6) is 0.296. The Hall–Kier alpha value is -1.92. The van der Waals surface area contributed by atoms with Crippen molar-refractivity contribution in [1.29, 1.82) is 0 Å². The molecule has 0 bridgehead atoms. The van der Waals surface area contributed by atoms with Gasteiger partial charge < -0.3 is 15.2 Å². The van der Waals surface area contributed by atoms with E-state index >= 15 is 0 Å². The van der Waals surface area contributed by atoms with Gasteiger partial charge in [0, 0.05) is 12.1 Å². The van der Waals surface area contributed by atoms with Gasteiger partial charge in [-0.25, -0.2) is 0 Å². The Morgan fingerprint density at radius 1 is 1.50 bits per heavy atom. The zero-order chi connectivity index (χ0) is 14.5. The predicted octanol–water partition coefficient (Wildman–Crippen LogP) is 0.514. The summed E-state index contributed by atoms with van der Waals surface area (Å²) >= 11 is 0. The first-order valence-electron chi connectivity index (χ1n) is 6.57. The van der Waals surface area contributed by atoms with Gasteiger partial charge >= 0.3 is 0 Å². The summed E-state index contributed by atoms with van der Waals surface area (Å²) in [6, 6.07) is 5.00. The minimum atomic E-state index is -0.224. The molecule has 0 fully saturated rings. The zero-order valence-electron chi connectivity index (χ0n) is 11.4. The average molecular weight is 278 g/mol. The van der Waals surface area contributed by atoms with E-state index in [1.165, 1.54) is 0 Å². The first-order valence-corrected chi connectivity index (χ1v) is 6.57. The Kier molecular flexibility index (Phi) is 4.70. The van der Waals surface area contributed by atoms with E-state index in [4.69, 9.17) is 9.84 Å². The van der Waals surface area contributed by atoms with Gasteiger partial charge in [0.1, 0.15) is 5.75 Å². The fourth-order valence-electron chi connectivity index (χ4n) is 2.04. The number of hydrogen-bond donors (Lipinski definition) is 2. The molecule has 1 aliphatic heterocycles. The van der Waals surface area contributed by atoms with E-state index in [0.717, 1.165) is 0 Å². The fraction of sp³-hybridized carbons (Fsp3) is 0.429. The topological polar surface area (TPSA) is 78.9 Å². The number of benzene rings is 1. The molecule has 20 heavy (non-hydrogen) atoms. The Morgan fingerprint density at radius 3 is 3.00 bits per heavy atom. The molecule has 0 unspecified atom stereocenters. The number of Topliss-reactive ketones (excluding diaryl/α,β-unsaturated/α-hetero) is 1. The number of aliphatic hydroxyl groups is 1. The van der Waals surface area contributed by atoms with Crippen LogP contribution in [0.15, 0.2) is 18.2 Å². The Balaban J connectivity index is 2.10. The number of carbonyl (C=O) groups is 2. The van der Waals surface area contributed by atoms with Crippen LogP contribution in [0.5, 0.6) is 5.75 Å². The lowest BCUT2D eigenvalue weighted by Gasteiger charge is -2.20. The van der Waals surface area contributed by atoms with Gasteiger partial charge in [-0.3, -0.25) is 14.5 Å². The molecule has 2 N–H and O–H groups in total. The highest BCUT2D eigenvalue weighted by atomic mass is 16.5. The number of ether oxygens (including phenoxy) is 1. The lowest BCUT2D eigenvalue weighted by molar-refractivity contribution is -0.118. The molecule has 1 aromatic rings. The molecule has 1 aromatic carbocycles. The van der Waals surface area contributed by atoms with Crippen LogP contribution >= 0.6 is 0 Å². The standard InChI is InChI=1S/C14H18N2O4/c1-2-16(5-6-17)8-12(18)10-3-4-13-11(7-10)15-14(19)9-20-13/h3-4,7,17H,2,5-6,8-9H2,1H3,(H,15,19). The zero-order valence-corrected chi connectivity index (χ0v) is 11.4. The van der Waals surface area contributed by atoms with E-state index in [1.807, 2.05) is 11.8 Å². The molecule has 0 saturated heterocycles. The highest BCUT2D eigenvalue weighted by Crippen LogP contribution is 2.28. The fourth-order valence-corrected chi connectivity index (χ4v) is 2.04. The molecule has 108 valence electrons. The molecule has 2 rings (SSSR count). The van der Waals surface area contributed by atoms with E-state index in [9.17, 15) is 9.59 Å². The van der Waals surface area contributed by atoms with Crippen LogP contribution in [0.1, 0.15) is 17.3 Å². The van der Waals surface area contributed by atoms with Crippen LogP contribution in [0.4, 0.5) is 5.69 Å². The summed E-state index contributed by atoms with van der Waals surface area (Å²) in [6.07, 6.45) is 0. The van der Waals surface area contributed by atoms with Crippen molar-refractivity contribution >= 4 is 17.4 Å². The first kappa shape index (κ1) is 14.5. The van der Waals surface area contributed by atoms with E-state index in [2.05, 4.69) is 5.32 Å². The third kappa shape index (κ3) is 3.34. The molecule has 0 radical (unpaired) electrons. The van der Waals surface area contributed by atoms with Gasteiger partial charge in [-0.15, -0.1) is 0 Å². The van der Waals surface area contributed by atoms with Crippen molar-refractivity contribution in [3.63, 3.8) is 0 Å². The summed E-state index contributed by atoms with van der Waals surface area (Å²) < 4.78 is 5.24. The van der Waals surface area contributed by atoms with E-state index < -0.39 is 0 Å². The number of ketones is 1. The predicted molar refractivity (Wildman–Crippen MR) is 74.1 cm³/mol. The molecule has 0 aromatic heterocycles. The van der Waals surface area contributed by atoms with Crippen molar-refractivity contribution in [3.05, 3.63) is 23.8 Å². The van der Waals surface area contributed by atoms with Crippen molar-refractivity contribution in [2.75, 3.05) is 38.2 Å². The molecular formula is C14H18N2O4. The van der Waals surface area contributed by atoms with Gasteiger partial charge in [-0.2, -0.15) is 0 Å². The lowest BCUT2D eigenvalue weighted by atomic mass is 10.1. The van der Waals surface area contributed by atoms with Gasteiger partial charge in [0.2, 0.25) is 0 Å². The number of amides is 1. The Bertz CT molecular complexity index is 516. The molecule has 0 aliphatic carbocycles. The van der Waals surface area contributed by atoms with Gasteiger partial charge in [0.25, 0.3) is 5.91 Å². The minimum Gasteiger partial charge on any atom is -0.482 e. The maximum absolute atomic E-state index is 12.2. The number of likely N-dealkylation sites (N-methyl/N-ethyl adjacent to an activating group) is 1. The SMILES string of the molecule is CCN(CCO)CC(=O)c1ccc2c(c1)NC(=O)CO2. The third-order valence-corrected chi connectivity index (χ3v) is 3.17. The quantitative estimate of drug-likeness (QED) is 0.741. The van der Waals surface area contributed by atoms with Crippen LogP contribution in [0.2, 0.25) is 0 Å². The second kappa shape index (κ2) is 6.49. The highest BCUT2D eigenvalue weighted by Gasteiger charge is 2.18. The van der Waals surface area contributed by atoms with E-state index in [-0.39, 0.29) is 31.4 Å². The first-order chi connectivity index (χ1) is 9.63. The number of rotatable bonds is 6. The van der Waals surface area contributed by atoms with Crippen LogP contribution in [0.25, 0.3) is 0 Å². The maximum atomic E-state index is 12.2. The molecule has 0 atom stereocenters.